The smallest absolute Gasteiger partial charge is 0.260 e. The van der Waals surface area contributed by atoms with Crippen LogP contribution < -0.4 is 10.1 Å². The van der Waals surface area contributed by atoms with Gasteiger partial charge in [0, 0.05) is 29.9 Å². The van der Waals surface area contributed by atoms with Gasteiger partial charge in [-0.05, 0) is 55.2 Å². The van der Waals surface area contributed by atoms with Crippen molar-refractivity contribution in [3.63, 3.8) is 0 Å². The number of nitrogens with zero attached hydrogens (tertiary/aromatic N) is 5. The van der Waals surface area contributed by atoms with Gasteiger partial charge in [-0.3, -0.25) is 9.78 Å². The van der Waals surface area contributed by atoms with E-state index >= 15 is 0 Å². The number of hydrogen-bond acceptors (Lipinski definition) is 6. The minimum atomic E-state index is -0.297. The molecule has 0 atom stereocenters. The van der Waals surface area contributed by atoms with E-state index in [0.717, 1.165) is 23.2 Å². The van der Waals surface area contributed by atoms with Crippen molar-refractivity contribution < 1.29 is 9.53 Å². The number of pyridine rings is 2. The first-order valence-electron chi connectivity index (χ1n) is 11.8. The van der Waals surface area contributed by atoms with Crippen LogP contribution in [0.15, 0.2) is 73.2 Å². The predicted molar refractivity (Wildman–Crippen MR) is 132 cm³/mol. The fourth-order valence-electron chi connectivity index (χ4n) is 4.18. The second-order valence-corrected chi connectivity index (χ2v) is 8.74. The molecule has 174 valence electrons. The van der Waals surface area contributed by atoms with Crippen LogP contribution in [0.4, 0.5) is 5.82 Å². The van der Waals surface area contributed by atoms with Crippen molar-refractivity contribution in [1.29, 1.82) is 0 Å². The summed E-state index contributed by atoms with van der Waals surface area (Å²) in [5.74, 6) is 1.91. The summed E-state index contributed by atoms with van der Waals surface area (Å²) in [5.41, 5.74) is 4.08. The number of ether oxygens (including phenoxy) is 1. The molecule has 1 amide bonds. The highest BCUT2D eigenvalue weighted by molar-refractivity contribution is 6.06. The van der Waals surface area contributed by atoms with E-state index in [4.69, 9.17) is 4.74 Å². The van der Waals surface area contributed by atoms with Gasteiger partial charge >= 0.3 is 0 Å². The van der Waals surface area contributed by atoms with Crippen LogP contribution in [0.2, 0.25) is 0 Å². The zero-order valence-electron chi connectivity index (χ0n) is 19.1. The maximum atomic E-state index is 13.4. The van der Waals surface area contributed by atoms with Crippen molar-refractivity contribution in [3.05, 3.63) is 84.5 Å². The second-order valence-electron chi connectivity index (χ2n) is 8.74. The second kappa shape index (κ2) is 9.13. The van der Waals surface area contributed by atoms with Gasteiger partial charge in [0.05, 0.1) is 5.56 Å². The van der Waals surface area contributed by atoms with E-state index in [1.165, 1.54) is 12.8 Å². The van der Waals surface area contributed by atoms with Crippen molar-refractivity contribution in [2.24, 2.45) is 0 Å². The van der Waals surface area contributed by atoms with Crippen LogP contribution in [0, 0.1) is 0 Å². The van der Waals surface area contributed by atoms with Gasteiger partial charge in [0.1, 0.15) is 30.2 Å². The minimum Gasteiger partial charge on any atom is -0.489 e. The summed E-state index contributed by atoms with van der Waals surface area (Å²) in [5, 5.41) is 11.2. The van der Waals surface area contributed by atoms with Crippen LogP contribution in [-0.2, 0) is 6.54 Å². The minimum absolute atomic E-state index is 0.297. The zero-order valence-corrected chi connectivity index (χ0v) is 19.1. The normalized spacial score (nSPS) is 16.6. The molecular formula is C27H24N6O2. The molecule has 1 saturated carbocycles. The average Bonchev–Trinajstić information content (AvgIpc) is 3.63. The van der Waals surface area contributed by atoms with Gasteiger partial charge in [0.25, 0.3) is 5.91 Å². The van der Waals surface area contributed by atoms with Crippen molar-refractivity contribution in [2.45, 2.75) is 31.7 Å². The Kier molecular flexibility index (Phi) is 5.54. The maximum absolute atomic E-state index is 13.4. The Labute approximate surface area is 202 Å². The lowest BCUT2D eigenvalue weighted by atomic mass is 10.0. The standard InChI is InChI=1S/C27H24N6O2/c34-27-21-15-19(20-9-11-22(28-16-20)18-7-8-18)10-12-24(21)35-14-3-1-2-13-33-17-29-32-26(33)23-5-4-6-25(30-23)31-27/h1,3-6,9-12,15-18H,2,7-8,13-14H2,(H,30,31,34)/b3-1+. The van der Waals surface area contributed by atoms with E-state index < -0.39 is 0 Å². The van der Waals surface area contributed by atoms with E-state index in [2.05, 4.69) is 43.7 Å². The third kappa shape index (κ3) is 4.55. The summed E-state index contributed by atoms with van der Waals surface area (Å²) in [6, 6.07) is 15.3. The highest BCUT2D eigenvalue weighted by Gasteiger charge is 2.24. The first-order chi connectivity index (χ1) is 17.2. The first-order valence-corrected chi connectivity index (χ1v) is 11.8. The summed E-state index contributed by atoms with van der Waals surface area (Å²) in [6.45, 7) is 1.07. The van der Waals surface area contributed by atoms with Crippen molar-refractivity contribution in [1.82, 2.24) is 24.7 Å². The number of anilines is 1. The molecule has 1 N–H and O–H groups in total. The van der Waals surface area contributed by atoms with Gasteiger partial charge in [-0.2, -0.15) is 0 Å². The number of allylic oxidation sites excluding steroid dienone is 1. The quantitative estimate of drug-likeness (QED) is 0.425. The van der Waals surface area contributed by atoms with Crippen molar-refractivity contribution in [2.75, 3.05) is 11.9 Å². The molecule has 1 aliphatic heterocycles. The van der Waals surface area contributed by atoms with E-state index in [1.54, 1.807) is 12.4 Å². The SMILES string of the molecule is O=C1Nc2cccc(n2)-c2nncn2CC/C=C/COc2ccc(-c3ccc(C4CC4)nc3)cc21. The van der Waals surface area contributed by atoms with Gasteiger partial charge in [0.2, 0.25) is 0 Å². The van der Waals surface area contributed by atoms with Gasteiger partial charge < -0.3 is 14.6 Å². The molecule has 1 aromatic carbocycles. The molecule has 0 spiro atoms. The maximum Gasteiger partial charge on any atom is 0.260 e. The van der Waals surface area contributed by atoms with E-state index in [-0.39, 0.29) is 5.91 Å². The molecule has 4 aromatic rings. The third-order valence-electron chi connectivity index (χ3n) is 6.21. The van der Waals surface area contributed by atoms with E-state index in [1.807, 2.05) is 47.2 Å². The summed E-state index contributed by atoms with van der Waals surface area (Å²) < 4.78 is 7.92. The van der Waals surface area contributed by atoms with Gasteiger partial charge in [-0.1, -0.05) is 30.4 Å². The molecule has 2 aliphatic rings. The molecule has 35 heavy (non-hydrogen) atoms. The van der Waals surface area contributed by atoms with Crippen LogP contribution in [0.1, 0.15) is 41.2 Å². The number of carbonyl (C=O) groups excluding carboxylic acids is 1. The van der Waals surface area contributed by atoms with E-state index in [0.29, 0.717) is 47.7 Å². The number of rotatable bonds is 2. The molecule has 4 heterocycles. The molecule has 0 unspecified atom stereocenters. The van der Waals surface area contributed by atoms with Crippen LogP contribution in [-0.4, -0.2) is 37.2 Å². The number of aryl methyl sites for hydroxylation is 1. The molecule has 6 rings (SSSR count). The third-order valence-corrected chi connectivity index (χ3v) is 6.21. The zero-order chi connectivity index (χ0) is 23.6. The first kappa shape index (κ1) is 21.2. The van der Waals surface area contributed by atoms with Crippen LogP contribution >= 0.6 is 0 Å². The average molecular weight is 465 g/mol. The fraction of sp³-hybridized carbons (Fsp3) is 0.222. The Balaban J connectivity index is 1.36. The van der Waals surface area contributed by atoms with Gasteiger partial charge in [-0.15, -0.1) is 10.2 Å². The summed E-state index contributed by atoms with van der Waals surface area (Å²) in [7, 11) is 0. The highest BCUT2D eigenvalue weighted by atomic mass is 16.5. The highest BCUT2D eigenvalue weighted by Crippen LogP contribution is 2.39. The van der Waals surface area contributed by atoms with Gasteiger partial charge in [-0.25, -0.2) is 4.98 Å². The van der Waals surface area contributed by atoms with E-state index in [9.17, 15) is 4.79 Å². The Hall–Kier alpha value is -4.33. The predicted octanol–water partition coefficient (Wildman–Crippen LogP) is 4.87. The number of aromatic nitrogens is 5. The van der Waals surface area contributed by atoms with Crippen molar-refractivity contribution in [3.8, 4) is 28.4 Å². The van der Waals surface area contributed by atoms with Crippen molar-refractivity contribution >= 4 is 11.7 Å². The summed E-state index contributed by atoms with van der Waals surface area (Å²) in [4.78, 5) is 22.6. The van der Waals surface area contributed by atoms with Gasteiger partial charge in [0.15, 0.2) is 5.82 Å². The number of benzene rings is 1. The number of nitrogens with one attached hydrogen (secondary N) is 1. The Bertz CT molecular complexity index is 1410. The fourth-order valence-corrected chi connectivity index (χ4v) is 4.18. The summed E-state index contributed by atoms with van der Waals surface area (Å²) in [6.07, 6.45) is 10.8. The molecule has 3 aromatic heterocycles. The topological polar surface area (TPSA) is 94.8 Å². The molecule has 1 aliphatic carbocycles. The monoisotopic (exact) mass is 464 g/mol. The molecule has 0 radical (unpaired) electrons. The lowest BCUT2D eigenvalue weighted by Gasteiger charge is -2.13. The molecular weight excluding hydrogens is 440 g/mol. The van der Waals surface area contributed by atoms with Crippen LogP contribution in [0.5, 0.6) is 5.75 Å². The molecule has 2 bridgehead atoms. The largest absolute Gasteiger partial charge is 0.489 e. The Morgan fingerprint density at radius 1 is 1.03 bits per heavy atom. The number of fused-ring (bicyclic) bond motifs is 5. The number of carbonyl (C=O) groups is 1. The molecule has 8 heteroatoms. The molecule has 1 fully saturated rings. The Morgan fingerprint density at radius 3 is 2.80 bits per heavy atom. The number of amides is 1. The lowest BCUT2D eigenvalue weighted by molar-refractivity contribution is 0.102. The van der Waals surface area contributed by atoms with Crippen LogP contribution in [0.3, 0.4) is 0 Å². The Morgan fingerprint density at radius 2 is 1.94 bits per heavy atom. The molecule has 0 saturated heterocycles. The summed E-state index contributed by atoms with van der Waals surface area (Å²) >= 11 is 0. The lowest BCUT2D eigenvalue weighted by Crippen LogP contribution is -2.15. The number of hydrogen-bond donors (Lipinski definition) is 1. The van der Waals surface area contributed by atoms with Crippen LogP contribution in [0.25, 0.3) is 22.6 Å². The molecule has 8 nitrogen and oxygen atoms in total.